The Morgan fingerprint density at radius 2 is 1.57 bits per heavy atom. The van der Waals surface area contributed by atoms with Gasteiger partial charge in [-0.05, 0) is 12.5 Å². The molecule has 21 heavy (non-hydrogen) atoms. The first kappa shape index (κ1) is 17.2. The minimum absolute atomic E-state index is 0.0442. The number of hydrogen-bond acceptors (Lipinski definition) is 3. The number of allylic oxidation sites excluding steroid dienone is 2. The van der Waals surface area contributed by atoms with Crippen LogP contribution in [0.2, 0.25) is 0 Å². The first-order chi connectivity index (χ1) is 9.82. The molecule has 0 aliphatic heterocycles. The van der Waals surface area contributed by atoms with Gasteiger partial charge in [-0.1, -0.05) is 58.0 Å². The Morgan fingerprint density at radius 1 is 1.00 bits per heavy atom. The predicted molar refractivity (Wildman–Crippen MR) is 84.4 cm³/mol. The van der Waals surface area contributed by atoms with Gasteiger partial charge in [-0.25, -0.2) is 0 Å². The smallest absolute Gasteiger partial charge is 0.313 e. The lowest BCUT2D eigenvalue weighted by molar-refractivity contribution is -0.142. The van der Waals surface area contributed by atoms with Gasteiger partial charge in [0, 0.05) is 17.9 Å². The van der Waals surface area contributed by atoms with Gasteiger partial charge >= 0.3 is 5.97 Å². The van der Waals surface area contributed by atoms with Crippen LogP contribution in [0.4, 0.5) is 0 Å². The molecule has 1 aromatic carbocycles. The van der Waals surface area contributed by atoms with Crippen molar-refractivity contribution in [3.05, 3.63) is 41.7 Å². The van der Waals surface area contributed by atoms with Crippen LogP contribution in [0.25, 0.3) is 5.57 Å². The second-order valence-corrected chi connectivity index (χ2v) is 5.77. The Kier molecular flexibility index (Phi) is 6.35. The van der Waals surface area contributed by atoms with Gasteiger partial charge in [0.25, 0.3) is 0 Å². The Hall–Kier alpha value is -1.90. The number of Topliss-reactive ketones (excluding diaryl/α,β-unsaturated/α-hetero) is 1. The van der Waals surface area contributed by atoms with Crippen molar-refractivity contribution in [3.8, 4) is 0 Å². The molecule has 0 saturated carbocycles. The van der Waals surface area contributed by atoms with Crippen molar-refractivity contribution in [3.63, 3.8) is 0 Å². The normalized spacial score (nSPS) is 12.3. The number of hydrogen-bond donors (Lipinski definition) is 0. The van der Waals surface area contributed by atoms with Gasteiger partial charge in [-0.15, -0.1) is 0 Å². The van der Waals surface area contributed by atoms with E-state index in [-0.39, 0.29) is 30.0 Å². The van der Waals surface area contributed by atoms with Crippen LogP contribution < -0.4 is 0 Å². The largest absolute Gasteiger partial charge is 0.431 e. The Morgan fingerprint density at radius 3 is 2.05 bits per heavy atom. The molecule has 0 radical (unpaired) electrons. The molecule has 0 amide bonds. The van der Waals surface area contributed by atoms with Crippen molar-refractivity contribution in [2.45, 2.75) is 41.0 Å². The third-order valence-corrected chi connectivity index (χ3v) is 3.27. The quantitative estimate of drug-likeness (QED) is 0.581. The number of rotatable bonds is 6. The van der Waals surface area contributed by atoms with Crippen molar-refractivity contribution >= 4 is 17.3 Å². The molecule has 0 fully saturated rings. The zero-order chi connectivity index (χ0) is 16.0. The summed E-state index contributed by atoms with van der Waals surface area (Å²) < 4.78 is 5.40. The average molecular weight is 288 g/mol. The molecule has 0 aromatic heterocycles. The van der Waals surface area contributed by atoms with Crippen LogP contribution in [0.5, 0.6) is 0 Å². The lowest BCUT2D eigenvalue weighted by Gasteiger charge is -2.14. The highest BCUT2D eigenvalue weighted by Crippen LogP contribution is 2.25. The molecule has 3 heteroatoms. The molecule has 1 rings (SSSR count). The molecule has 114 valence electrons. The molecule has 0 atom stereocenters. The van der Waals surface area contributed by atoms with Gasteiger partial charge in [-0.2, -0.15) is 0 Å². The molecule has 0 bridgehead atoms. The maximum Gasteiger partial charge on any atom is 0.313 e. The van der Waals surface area contributed by atoms with E-state index in [1.165, 1.54) is 0 Å². The summed E-state index contributed by atoms with van der Waals surface area (Å²) in [6.45, 7) is 9.07. The lowest BCUT2D eigenvalue weighted by atomic mass is 9.95. The van der Waals surface area contributed by atoms with E-state index in [1.807, 2.05) is 44.2 Å². The molecule has 3 nitrogen and oxygen atoms in total. The van der Waals surface area contributed by atoms with Gasteiger partial charge in [0.05, 0.1) is 5.92 Å². The van der Waals surface area contributed by atoms with E-state index >= 15 is 0 Å². The van der Waals surface area contributed by atoms with E-state index in [2.05, 4.69) is 0 Å². The summed E-state index contributed by atoms with van der Waals surface area (Å²) >= 11 is 0. The summed E-state index contributed by atoms with van der Waals surface area (Å²) in [6, 6.07) is 9.59. The van der Waals surface area contributed by atoms with Crippen LogP contribution in [0, 0.1) is 11.8 Å². The highest BCUT2D eigenvalue weighted by atomic mass is 16.5. The third kappa shape index (κ3) is 5.18. The number of esters is 1. The molecule has 0 heterocycles. The van der Waals surface area contributed by atoms with Gasteiger partial charge in [0.15, 0.2) is 0 Å². The molecule has 0 spiro atoms. The standard InChI is InChI=1S/C18H24O3/c1-12(2)17(19)11-16(15-9-7-6-8-10-15)14(5)21-18(20)13(3)4/h6-10,12-13H,11H2,1-5H3/b16-14+. The minimum Gasteiger partial charge on any atom is -0.431 e. The zero-order valence-electron chi connectivity index (χ0n) is 13.5. The van der Waals surface area contributed by atoms with E-state index in [9.17, 15) is 9.59 Å². The Balaban J connectivity index is 3.12. The summed E-state index contributed by atoms with van der Waals surface area (Å²) in [5, 5.41) is 0. The first-order valence-electron chi connectivity index (χ1n) is 7.32. The zero-order valence-corrected chi connectivity index (χ0v) is 13.5. The third-order valence-electron chi connectivity index (χ3n) is 3.27. The molecule has 0 N–H and O–H groups in total. The van der Waals surface area contributed by atoms with Crippen molar-refractivity contribution in [1.82, 2.24) is 0 Å². The van der Waals surface area contributed by atoms with E-state index in [1.54, 1.807) is 20.8 Å². The fraction of sp³-hybridized carbons (Fsp3) is 0.444. The van der Waals surface area contributed by atoms with E-state index in [0.29, 0.717) is 5.76 Å². The lowest BCUT2D eigenvalue weighted by Crippen LogP contribution is -2.13. The second-order valence-electron chi connectivity index (χ2n) is 5.77. The highest BCUT2D eigenvalue weighted by Gasteiger charge is 2.17. The van der Waals surface area contributed by atoms with Gasteiger partial charge in [-0.3, -0.25) is 9.59 Å². The van der Waals surface area contributed by atoms with Gasteiger partial charge in [0.2, 0.25) is 0 Å². The van der Waals surface area contributed by atoms with Crippen LogP contribution in [0.1, 0.15) is 46.6 Å². The molecular weight excluding hydrogens is 264 g/mol. The summed E-state index contributed by atoms with van der Waals surface area (Å²) in [5.74, 6) is 0.121. The summed E-state index contributed by atoms with van der Waals surface area (Å²) in [7, 11) is 0. The van der Waals surface area contributed by atoms with Crippen LogP contribution in [0.15, 0.2) is 36.1 Å². The maximum atomic E-state index is 12.1. The van der Waals surface area contributed by atoms with Gasteiger partial charge < -0.3 is 4.74 Å². The number of benzene rings is 1. The van der Waals surface area contributed by atoms with E-state index in [0.717, 1.165) is 11.1 Å². The first-order valence-corrected chi connectivity index (χ1v) is 7.32. The monoisotopic (exact) mass is 288 g/mol. The number of carbonyl (C=O) groups is 2. The summed E-state index contributed by atoms with van der Waals surface area (Å²) in [4.78, 5) is 23.8. The fourth-order valence-corrected chi connectivity index (χ4v) is 1.78. The SMILES string of the molecule is C/C(OC(=O)C(C)C)=C(/CC(=O)C(C)C)c1ccccc1. The molecule has 0 unspecified atom stereocenters. The Bertz CT molecular complexity index is 525. The van der Waals surface area contributed by atoms with E-state index < -0.39 is 0 Å². The number of ketones is 1. The van der Waals surface area contributed by atoms with E-state index in [4.69, 9.17) is 4.74 Å². The van der Waals surface area contributed by atoms with Crippen LogP contribution in [0.3, 0.4) is 0 Å². The molecule has 0 aliphatic carbocycles. The molecule has 0 saturated heterocycles. The maximum absolute atomic E-state index is 12.1. The van der Waals surface area contributed by atoms with Gasteiger partial charge in [0.1, 0.15) is 11.5 Å². The van der Waals surface area contributed by atoms with Crippen LogP contribution in [-0.4, -0.2) is 11.8 Å². The number of carbonyl (C=O) groups excluding carboxylic acids is 2. The molecule has 1 aromatic rings. The van der Waals surface area contributed by atoms with Crippen molar-refractivity contribution in [2.24, 2.45) is 11.8 Å². The van der Waals surface area contributed by atoms with Crippen LogP contribution >= 0.6 is 0 Å². The predicted octanol–water partition coefficient (Wildman–Crippen LogP) is 4.23. The van der Waals surface area contributed by atoms with Crippen LogP contribution in [-0.2, 0) is 14.3 Å². The second kappa shape index (κ2) is 7.77. The summed E-state index contributed by atoms with van der Waals surface area (Å²) in [5.41, 5.74) is 1.70. The molecular formula is C18H24O3. The average Bonchev–Trinajstić information content (AvgIpc) is 2.44. The Labute approximate surface area is 127 Å². The van der Waals surface area contributed by atoms with Crippen molar-refractivity contribution in [1.29, 1.82) is 0 Å². The minimum atomic E-state index is -0.280. The number of ether oxygens (including phenoxy) is 1. The van der Waals surface area contributed by atoms with Crippen molar-refractivity contribution in [2.75, 3.05) is 0 Å². The topological polar surface area (TPSA) is 43.4 Å². The highest BCUT2D eigenvalue weighted by molar-refractivity contribution is 5.92. The summed E-state index contributed by atoms with van der Waals surface area (Å²) in [6.07, 6.45) is 0.277. The molecule has 0 aliphatic rings. The van der Waals surface area contributed by atoms with Crippen molar-refractivity contribution < 1.29 is 14.3 Å². The fourth-order valence-electron chi connectivity index (χ4n) is 1.78.